The SMILES string of the molecule is CC(C)c1cc(C(=O)N(Cc2ccccn2)C[C@@H]2CCCO2)on1. The van der Waals surface area contributed by atoms with E-state index in [0.29, 0.717) is 13.1 Å². The molecule has 0 bridgehead atoms. The number of nitrogens with zero attached hydrogens (tertiary/aromatic N) is 3. The van der Waals surface area contributed by atoms with Gasteiger partial charge in [0.05, 0.1) is 24.0 Å². The molecule has 2 aromatic rings. The molecular weight excluding hydrogens is 306 g/mol. The highest BCUT2D eigenvalue weighted by Crippen LogP contribution is 2.19. The topological polar surface area (TPSA) is 68.5 Å². The van der Waals surface area contributed by atoms with Gasteiger partial charge in [0.2, 0.25) is 5.76 Å². The van der Waals surface area contributed by atoms with E-state index in [4.69, 9.17) is 9.26 Å². The molecule has 2 aromatic heterocycles. The third-order valence-corrected chi connectivity index (χ3v) is 4.14. The van der Waals surface area contributed by atoms with E-state index in [1.165, 1.54) is 0 Å². The van der Waals surface area contributed by atoms with Crippen LogP contribution >= 0.6 is 0 Å². The van der Waals surface area contributed by atoms with E-state index in [0.717, 1.165) is 30.8 Å². The summed E-state index contributed by atoms with van der Waals surface area (Å²) in [6, 6.07) is 7.42. The van der Waals surface area contributed by atoms with E-state index in [1.807, 2.05) is 32.0 Å². The van der Waals surface area contributed by atoms with Crippen LogP contribution in [0.4, 0.5) is 0 Å². The highest BCUT2D eigenvalue weighted by Gasteiger charge is 2.26. The first-order chi connectivity index (χ1) is 11.6. The second-order valence-corrected chi connectivity index (χ2v) is 6.41. The van der Waals surface area contributed by atoms with Crippen molar-refractivity contribution in [1.82, 2.24) is 15.0 Å². The Hall–Kier alpha value is -2.21. The Balaban J connectivity index is 1.77. The molecule has 1 aliphatic rings. The predicted octanol–water partition coefficient (Wildman–Crippen LogP) is 3.01. The minimum Gasteiger partial charge on any atom is -0.376 e. The molecule has 1 atom stereocenters. The largest absolute Gasteiger partial charge is 0.376 e. The first-order valence-electron chi connectivity index (χ1n) is 8.41. The second-order valence-electron chi connectivity index (χ2n) is 6.41. The predicted molar refractivity (Wildman–Crippen MR) is 88.5 cm³/mol. The van der Waals surface area contributed by atoms with Crippen LogP contribution in [0.25, 0.3) is 0 Å². The fourth-order valence-corrected chi connectivity index (χ4v) is 2.76. The average molecular weight is 329 g/mol. The fraction of sp³-hybridized carbons (Fsp3) is 0.500. The highest BCUT2D eigenvalue weighted by molar-refractivity contribution is 5.91. The van der Waals surface area contributed by atoms with Crippen LogP contribution in [0.1, 0.15) is 54.5 Å². The van der Waals surface area contributed by atoms with Gasteiger partial charge in [0.1, 0.15) is 0 Å². The Morgan fingerprint density at radius 3 is 2.92 bits per heavy atom. The summed E-state index contributed by atoms with van der Waals surface area (Å²) < 4.78 is 11.0. The van der Waals surface area contributed by atoms with Gasteiger partial charge in [0, 0.05) is 25.4 Å². The van der Waals surface area contributed by atoms with E-state index < -0.39 is 0 Å². The number of amides is 1. The molecule has 6 nitrogen and oxygen atoms in total. The van der Waals surface area contributed by atoms with Gasteiger partial charge in [0.15, 0.2) is 0 Å². The standard InChI is InChI=1S/C18H23N3O3/c1-13(2)16-10-17(24-20-16)18(22)21(12-15-7-5-9-23-15)11-14-6-3-4-8-19-14/h3-4,6,8,10,13,15H,5,7,9,11-12H2,1-2H3/t15-/m0/s1. The quantitative estimate of drug-likeness (QED) is 0.815. The molecule has 0 N–H and O–H groups in total. The highest BCUT2D eigenvalue weighted by atomic mass is 16.5. The monoisotopic (exact) mass is 329 g/mol. The lowest BCUT2D eigenvalue weighted by Gasteiger charge is -2.24. The Bertz CT molecular complexity index is 663. The van der Waals surface area contributed by atoms with Gasteiger partial charge in [-0.15, -0.1) is 0 Å². The summed E-state index contributed by atoms with van der Waals surface area (Å²) in [5.74, 6) is 0.320. The van der Waals surface area contributed by atoms with Crippen molar-refractivity contribution in [3.05, 3.63) is 47.6 Å². The van der Waals surface area contributed by atoms with Gasteiger partial charge in [0.25, 0.3) is 5.91 Å². The van der Waals surface area contributed by atoms with Crippen LogP contribution in [0.5, 0.6) is 0 Å². The molecule has 1 saturated heterocycles. The number of aromatic nitrogens is 2. The summed E-state index contributed by atoms with van der Waals surface area (Å²) in [4.78, 5) is 18.9. The first-order valence-corrected chi connectivity index (χ1v) is 8.41. The third-order valence-electron chi connectivity index (χ3n) is 4.14. The number of carbonyl (C=O) groups is 1. The summed E-state index contributed by atoms with van der Waals surface area (Å²) in [5.41, 5.74) is 1.63. The van der Waals surface area contributed by atoms with Crippen LogP contribution in [0.3, 0.4) is 0 Å². The molecule has 1 fully saturated rings. The fourth-order valence-electron chi connectivity index (χ4n) is 2.76. The van der Waals surface area contributed by atoms with Gasteiger partial charge in [-0.1, -0.05) is 25.1 Å². The van der Waals surface area contributed by atoms with Gasteiger partial charge in [-0.2, -0.15) is 0 Å². The van der Waals surface area contributed by atoms with Crippen LogP contribution in [-0.4, -0.2) is 40.2 Å². The Morgan fingerprint density at radius 1 is 1.42 bits per heavy atom. The molecule has 6 heteroatoms. The van der Waals surface area contributed by atoms with Crippen molar-refractivity contribution in [3.8, 4) is 0 Å². The molecule has 1 aliphatic heterocycles. The maximum absolute atomic E-state index is 12.9. The van der Waals surface area contributed by atoms with Crippen molar-refractivity contribution in [2.45, 2.75) is 45.3 Å². The zero-order valence-corrected chi connectivity index (χ0v) is 14.1. The number of ether oxygens (including phenoxy) is 1. The number of pyridine rings is 1. The van der Waals surface area contributed by atoms with E-state index in [9.17, 15) is 4.79 Å². The maximum Gasteiger partial charge on any atom is 0.292 e. The number of rotatable bonds is 6. The minimum absolute atomic E-state index is 0.0742. The lowest BCUT2D eigenvalue weighted by atomic mass is 10.1. The molecule has 0 radical (unpaired) electrons. The van der Waals surface area contributed by atoms with Crippen LogP contribution in [0.2, 0.25) is 0 Å². The molecule has 0 spiro atoms. The maximum atomic E-state index is 12.9. The van der Waals surface area contributed by atoms with Gasteiger partial charge in [-0.25, -0.2) is 0 Å². The van der Waals surface area contributed by atoms with E-state index in [-0.39, 0.29) is 23.7 Å². The summed E-state index contributed by atoms with van der Waals surface area (Å²) in [6.07, 6.45) is 3.82. The van der Waals surface area contributed by atoms with Gasteiger partial charge < -0.3 is 14.2 Å². The van der Waals surface area contributed by atoms with Crippen LogP contribution < -0.4 is 0 Å². The van der Waals surface area contributed by atoms with E-state index in [1.54, 1.807) is 17.2 Å². The van der Waals surface area contributed by atoms with Crippen molar-refractivity contribution in [1.29, 1.82) is 0 Å². The summed E-state index contributed by atoms with van der Waals surface area (Å²) >= 11 is 0. The summed E-state index contributed by atoms with van der Waals surface area (Å²) in [6.45, 7) is 5.76. The number of hydrogen-bond acceptors (Lipinski definition) is 5. The lowest BCUT2D eigenvalue weighted by molar-refractivity contribution is 0.0474. The molecule has 24 heavy (non-hydrogen) atoms. The normalized spacial score (nSPS) is 17.4. The molecule has 0 unspecified atom stereocenters. The molecular formula is C18H23N3O3. The zero-order chi connectivity index (χ0) is 16.9. The number of hydrogen-bond donors (Lipinski definition) is 0. The van der Waals surface area contributed by atoms with Gasteiger partial charge in [-0.3, -0.25) is 9.78 Å². The van der Waals surface area contributed by atoms with Crippen LogP contribution in [0.15, 0.2) is 35.0 Å². The third kappa shape index (κ3) is 4.00. The Kier molecular flexibility index (Phi) is 5.25. The molecule has 1 amide bonds. The number of carbonyl (C=O) groups excluding carboxylic acids is 1. The van der Waals surface area contributed by atoms with Crippen molar-refractivity contribution in [3.63, 3.8) is 0 Å². The Morgan fingerprint density at radius 2 is 2.29 bits per heavy atom. The molecule has 0 aromatic carbocycles. The smallest absolute Gasteiger partial charge is 0.292 e. The average Bonchev–Trinajstić information content (AvgIpc) is 3.26. The molecule has 128 valence electrons. The van der Waals surface area contributed by atoms with Crippen LogP contribution in [0, 0.1) is 0 Å². The van der Waals surface area contributed by atoms with Gasteiger partial charge in [-0.05, 0) is 30.9 Å². The van der Waals surface area contributed by atoms with E-state index >= 15 is 0 Å². The second kappa shape index (κ2) is 7.57. The van der Waals surface area contributed by atoms with E-state index in [2.05, 4.69) is 10.1 Å². The van der Waals surface area contributed by atoms with Crippen molar-refractivity contribution >= 4 is 5.91 Å². The molecule has 3 rings (SSSR count). The minimum atomic E-state index is -0.171. The van der Waals surface area contributed by atoms with Gasteiger partial charge >= 0.3 is 0 Å². The summed E-state index contributed by atoms with van der Waals surface area (Å²) in [7, 11) is 0. The molecule has 3 heterocycles. The molecule has 0 aliphatic carbocycles. The van der Waals surface area contributed by atoms with Crippen molar-refractivity contribution < 1.29 is 14.1 Å². The lowest BCUT2D eigenvalue weighted by Crippen LogP contribution is -2.37. The Labute approximate surface area is 141 Å². The van der Waals surface area contributed by atoms with Crippen molar-refractivity contribution in [2.75, 3.05) is 13.2 Å². The summed E-state index contributed by atoms with van der Waals surface area (Å²) in [5, 5.41) is 3.99. The first kappa shape index (κ1) is 16.6. The van der Waals surface area contributed by atoms with Crippen molar-refractivity contribution in [2.24, 2.45) is 0 Å². The molecule has 0 saturated carbocycles. The van der Waals surface area contributed by atoms with Crippen LogP contribution in [-0.2, 0) is 11.3 Å². The zero-order valence-electron chi connectivity index (χ0n) is 14.1.